The van der Waals surface area contributed by atoms with Gasteiger partial charge in [0.05, 0.1) is 17.5 Å². The highest BCUT2D eigenvalue weighted by atomic mass is 35.5. The molecule has 0 saturated carbocycles. The molecule has 0 aliphatic heterocycles. The quantitative estimate of drug-likeness (QED) is 0.788. The summed E-state index contributed by atoms with van der Waals surface area (Å²) in [7, 11) is 0. The Morgan fingerprint density at radius 2 is 1.91 bits per heavy atom. The molecule has 0 aromatic heterocycles. The van der Waals surface area contributed by atoms with Gasteiger partial charge in [-0.05, 0) is 43.0 Å². The SMILES string of the molecule is CCCOc1ccc(CC(C(=O)O)c2ccc(C)cc2)cc1Cl. The highest BCUT2D eigenvalue weighted by molar-refractivity contribution is 6.32. The standard InChI is InChI=1S/C19H21ClO3/c1-3-10-23-18-9-6-14(12-17(18)20)11-16(19(21)22)15-7-4-13(2)5-8-15/h4-9,12,16H,3,10-11H2,1-2H3,(H,21,22). The number of ether oxygens (including phenoxy) is 1. The van der Waals surface area contributed by atoms with Crippen LogP contribution in [-0.2, 0) is 11.2 Å². The van der Waals surface area contributed by atoms with Crippen molar-refractivity contribution in [2.24, 2.45) is 0 Å². The fourth-order valence-electron chi connectivity index (χ4n) is 2.38. The molecular formula is C19H21ClO3. The van der Waals surface area contributed by atoms with Crippen LogP contribution in [0.2, 0.25) is 5.02 Å². The number of carboxylic acid groups (broad SMARTS) is 1. The number of benzene rings is 2. The minimum atomic E-state index is -0.837. The molecule has 0 fully saturated rings. The Bertz CT molecular complexity index is 665. The van der Waals surface area contributed by atoms with Crippen molar-refractivity contribution in [1.82, 2.24) is 0 Å². The Balaban J connectivity index is 2.18. The van der Waals surface area contributed by atoms with Crippen LogP contribution in [0.4, 0.5) is 0 Å². The Labute approximate surface area is 141 Å². The number of hydrogen-bond acceptors (Lipinski definition) is 2. The second-order valence-electron chi connectivity index (χ2n) is 5.62. The first kappa shape index (κ1) is 17.4. The fourth-order valence-corrected chi connectivity index (χ4v) is 2.64. The van der Waals surface area contributed by atoms with Crippen LogP contribution in [0.1, 0.15) is 36.0 Å². The molecule has 0 bridgehead atoms. The first-order valence-electron chi connectivity index (χ1n) is 7.72. The van der Waals surface area contributed by atoms with E-state index < -0.39 is 11.9 Å². The summed E-state index contributed by atoms with van der Waals surface area (Å²) in [6.45, 7) is 4.62. The van der Waals surface area contributed by atoms with Gasteiger partial charge in [0, 0.05) is 0 Å². The zero-order valence-corrected chi connectivity index (χ0v) is 14.1. The normalized spacial score (nSPS) is 12.0. The third kappa shape index (κ3) is 4.73. The average Bonchev–Trinajstić information content (AvgIpc) is 2.52. The van der Waals surface area contributed by atoms with Gasteiger partial charge in [-0.2, -0.15) is 0 Å². The predicted molar refractivity (Wildman–Crippen MR) is 92.5 cm³/mol. The lowest BCUT2D eigenvalue weighted by Gasteiger charge is -2.14. The van der Waals surface area contributed by atoms with E-state index in [0.29, 0.717) is 23.8 Å². The Kier molecular flexibility index (Phi) is 6.05. The van der Waals surface area contributed by atoms with Crippen molar-refractivity contribution in [2.75, 3.05) is 6.61 Å². The maximum Gasteiger partial charge on any atom is 0.311 e. The molecule has 2 aromatic rings. The molecule has 0 saturated heterocycles. The van der Waals surface area contributed by atoms with Gasteiger partial charge in [0.2, 0.25) is 0 Å². The summed E-state index contributed by atoms with van der Waals surface area (Å²) in [4.78, 5) is 11.6. The van der Waals surface area contributed by atoms with E-state index in [1.54, 1.807) is 12.1 Å². The molecule has 122 valence electrons. The first-order valence-corrected chi connectivity index (χ1v) is 8.09. The fraction of sp³-hybridized carbons (Fsp3) is 0.316. The van der Waals surface area contributed by atoms with E-state index in [0.717, 1.165) is 23.1 Å². The van der Waals surface area contributed by atoms with Crippen LogP contribution in [0.15, 0.2) is 42.5 Å². The van der Waals surface area contributed by atoms with Crippen LogP contribution >= 0.6 is 11.6 Å². The number of rotatable bonds is 7. The topological polar surface area (TPSA) is 46.5 Å². The predicted octanol–water partition coefficient (Wildman–Crippen LogP) is 4.85. The van der Waals surface area contributed by atoms with Gasteiger partial charge in [0.25, 0.3) is 0 Å². The number of aryl methyl sites for hydroxylation is 1. The summed E-state index contributed by atoms with van der Waals surface area (Å²) in [5.41, 5.74) is 2.79. The number of aliphatic carboxylic acids is 1. The molecule has 23 heavy (non-hydrogen) atoms. The highest BCUT2D eigenvalue weighted by Gasteiger charge is 2.20. The molecule has 1 atom stereocenters. The summed E-state index contributed by atoms with van der Waals surface area (Å²) in [6.07, 6.45) is 1.30. The van der Waals surface area contributed by atoms with Gasteiger partial charge in [-0.15, -0.1) is 0 Å². The Morgan fingerprint density at radius 1 is 1.22 bits per heavy atom. The summed E-state index contributed by atoms with van der Waals surface area (Å²) in [6, 6.07) is 13.1. The lowest BCUT2D eigenvalue weighted by Crippen LogP contribution is -2.14. The number of halogens is 1. The number of carboxylic acids is 1. The van der Waals surface area contributed by atoms with Crippen LogP contribution < -0.4 is 4.74 Å². The van der Waals surface area contributed by atoms with Crippen LogP contribution in [0.3, 0.4) is 0 Å². The second kappa shape index (κ2) is 8.02. The van der Waals surface area contributed by atoms with Crippen molar-refractivity contribution in [2.45, 2.75) is 32.6 Å². The smallest absolute Gasteiger partial charge is 0.311 e. The number of carbonyl (C=O) groups is 1. The van der Waals surface area contributed by atoms with Crippen molar-refractivity contribution in [1.29, 1.82) is 0 Å². The van der Waals surface area contributed by atoms with Gasteiger partial charge >= 0.3 is 5.97 Å². The average molecular weight is 333 g/mol. The van der Waals surface area contributed by atoms with Crippen molar-refractivity contribution in [3.05, 3.63) is 64.2 Å². The molecule has 0 amide bonds. The van der Waals surface area contributed by atoms with Gasteiger partial charge < -0.3 is 9.84 Å². The zero-order chi connectivity index (χ0) is 16.8. The molecule has 0 radical (unpaired) electrons. The number of hydrogen-bond donors (Lipinski definition) is 1. The van der Waals surface area contributed by atoms with Crippen molar-refractivity contribution < 1.29 is 14.6 Å². The van der Waals surface area contributed by atoms with E-state index in [1.165, 1.54) is 0 Å². The lowest BCUT2D eigenvalue weighted by molar-refractivity contribution is -0.138. The molecule has 1 N–H and O–H groups in total. The van der Waals surface area contributed by atoms with E-state index >= 15 is 0 Å². The third-order valence-electron chi connectivity index (χ3n) is 3.68. The monoisotopic (exact) mass is 332 g/mol. The summed E-state index contributed by atoms with van der Waals surface area (Å²) in [5, 5.41) is 10.1. The molecule has 2 aromatic carbocycles. The van der Waals surface area contributed by atoms with Crippen molar-refractivity contribution >= 4 is 17.6 Å². The van der Waals surface area contributed by atoms with Gasteiger partial charge in [0.15, 0.2) is 0 Å². The van der Waals surface area contributed by atoms with Crippen LogP contribution in [-0.4, -0.2) is 17.7 Å². The maximum atomic E-state index is 11.6. The zero-order valence-electron chi connectivity index (χ0n) is 13.4. The van der Waals surface area contributed by atoms with Gasteiger partial charge in [-0.3, -0.25) is 4.79 Å². The molecule has 0 aliphatic rings. The first-order chi connectivity index (χ1) is 11.0. The molecule has 4 heteroatoms. The van der Waals surface area contributed by atoms with E-state index in [9.17, 15) is 9.90 Å². The minimum absolute atomic E-state index is 0.395. The van der Waals surface area contributed by atoms with E-state index in [2.05, 4.69) is 0 Å². The molecule has 0 aliphatic carbocycles. The van der Waals surface area contributed by atoms with E-state index in [-0.39, 0.29) is 0 Å². The van der Waals surface area contributed by atoms with Gasteiger partial charge in [0.1, 0.15) is 5.75 Å². The molecule has 3 nitrogen and oxygen atoms in total. The Hall–Kier alpha value is -2.00. The van der Waals surface area contributed by atoms with Gasteiger partial charge in [-0.25, -0.2) is 0 Å². The minimum Gasteiger partial charge on any atom is -0.492 e. The maximum absolute atomic E-state index is 11.6. The second-order valence-corrected chi connectivity index (χ2v) is 6.03. The molecule has 1 unspecified atom stereocenters. The molecular weight excluding hydrogens is 312 g/mol. The van der Waals surface area contributed by atoms with E-state index in [1.807, 2.05) is 44.2 Å². The van der Waals surface area contributed by atoms with Crippen LogP contribution in [0, 0.1) is 6.92 Å². The Morgan fingerprint density at radius 3 is 2.48 bits per heavy atom. The van der Waals surface area contributed by atoms with Crippen molar-refractivity contribution in [3.8, 4) is 5.75 Å². The molecule has 2 rings (SSSR count). The summed E-state index contributed by atoms with van der Waals surface area (Å²) < 4.78 is 5.54. The molecule has 0 heterocycles. The van der Waals surface area contributed by atoms with Crippen molar-refractivity contribution in [3.63, 3.8) is 0 Å². The summed E-state index contributed by atoms with van der Waals surface area (Å²) in [5.74, 6) is -0.787. The lowest BCUT2D eigenvalue weighted by atomic mass is 9.91. The van der Waals surface area contributed by atoms with Crippen LogP contribution in [0.25, 0.3) is 0 Å². The third-order valence-corrected chi connectivity index (χ3v) is 3.97. The molecule has 0 spiro atoms. The summed E-state index contributed by atoms with van der Waals surface area (Å²) >= 11 is 6.22. The van der Waals surface area contributed by atoms with Crippen LogP contribution in [0.5, 0.6) is 5.75 Å². The van der Waals surface area contributed by atoms with E-state index in [4.69, 9.17) is 16.3 Å². The highest BCUT2D eigenvalue weighted by Crippen LogP contribution is 2.29. The largest absolute Gasteiger partial charge is 0.492 e. The van der Waals surface area contributed by atoms with Gasteiger partial charge in [-0.1, -0.05) is 54.4 Å².